The quantitative estimate of drug-likeness (QED) is 0.844. The average Bonchev–Trinajstić information content (AvgIpc) is 2.26. The Morgan fingerprint density at radius 2 is 1.90 bits per heavy atom. The predicted molar refractivity (Wildman–Crippen MR) is 66.6 cm³/mol. The van der Waals surface area contributed by atoms with Crippen LogP contribution in [-0.2, 0) is 14.8 Å². The van der Waals surface area contributed by atoms with Crippen LogP contribution >= 0.6 is 15.9 Å². The molecule has 5 nitrogen and oxygen atoms in total. The molecule has 0 heterocycles. The van der Waals surface area contributed by atoms with Crippen molar-refractivity contribution in [1.29, 1.82) is 0 Å². The van der Waals surface area contributed by atoms with Gasteiger partial charge in [-0.05, 0) is 25.1 Å². The van der Waals surface area contributed by atoms with Crippen LogP contribution in [0.3, 0.4) is 0 Å². The first kappa shape index (κ1) is 16.9. The standard InChI is InChI=1S/C10H9BrF3NO4S/c1-9(8(16)17,10(12,13)14)15-20(18,19)7-4-2-3-6(11)5-7/h2-5,15H,1H3,(H,16,17). The van der Waals surface area contributed by atoms with E-state index >= 15 is 0 Å². The highest BCUT2D eigenvalue weighted by atomic mass is 79.9. The zero-order valence-electron chi connectivity index (χ0n) is 9.90. The third-order valence-electron chi connectivity index (χ3n) is 2.44. The van der Waals surface area contributed by atoms with Crippen LogP contribution in [0.15, 0.2) is 33.6 Å². The molecule has 1 aromatic carbocycles. The fourth-order valence-corrected chi connectivity index (χ4v) is 3.13. The Morgan fingerprint density at radius 3 is 2.30 bits per heavy atom. The van der Waals surface area contributed by atoms with E-state index in [1.54, 1.807) is 0 Å². The van der Waals surface area contributed by atoms with Crippen molar-refractivity contribution in [2.75, 3.05) is 0 Å². The van der Waals surface area contributed by atoms with Gasteiger partial charge in [0, 0.05) is 4.47 Å². The van der Waals surface area contributed by atoms with Crippen LogP contribution in [0.4, 0.5) is 13.2 Å². The maximum atomic E-state index is 12.8. The monoisotopic (exact) mass is 375 g/mol. The van der Waals surface area contributed by atoms with E-state index in [1.165, 1.54) is 16.9 Å². The van der Waals surface area contributed by atoms with Crippen LogP contribution in [0.5, 0.6) is 0 Å². The molecular weight excluding hydrogens is 367 g/mol. The summed E-state index contributed by atoms with van der Waals surface area (Å²) in [7, 11) is -4.65. The first-order valence-electron chi connectivity index (χ1n) is 5.00. The summed E-state index contributed by atoms with van der Waals surface area (Å²) in [6, 6.07) is 4.87. The number of carboxylic acid groups (broad SMARTS) is 1. The lowest BCUT2D eigenvalue weighted by Gasteiger charge is -2.28. The number of rotatable bonds is 4. The molecule has 0 aromatic heterocycles. The van der Waals surface area contributed by atoms with E-state index < -0.39 is 32.6 Å². The van der Waals surface area contributed by atoms with Gasteiger partial charge < -0.3 is 5.11 Å². The van der Waals surface area contributed by atoms with Gasteiger partial charge in [0.1, 0.15) is 0 Å². The summed E-state index contributed by atoms with van der Waals surface area (Å²) < 4.78 is 63.5. The number of halogens is 4. The third-order valence-corrected chi connectivity index (χ3v) is 4.48. The molecule has 1 atom stereocenters. The first-order chi connectivity index (χ1) is 8.90. The molecule has 1 rings (SSSR count). The van der Waals surface area contributed by atoms with Crippen molar-refractivity contribution in [3.05, 3.63) is 28.7 Å². The van der Waals surface area contributed by atoms with Crippen LogP contribution in [0.2, 0.25) is 0 Å². The molecule has 0 bridgehead atoms. The second-order valence-corrected chi connectivity index (χ2v) is 6.59. The zero-order valence-corrected chi connectivity index (χ0v) is 12.3. The minimum absolute atomic E-state index is 0.241. The lowest BCUT2D eigenvalue weighted by molar-refractivity contribution is -0.201. The van der Waals surface area contributed by atoms with Gasteiger partial charge in [0.15, 0.2) is 0 Å². The molecule has 0 radical (unpaired) electrons. The van der Waals surface area contributed by atoms with E-state index in [-0.39, 0.29) is 6.92 Å². The molecular formula is C10H9BrF3NO4S. The lowest BCUT2D eigenvalue weighted by atomic mass is 10.0. The number of nitrogens with one attached hydrogen (secondary N) is 1. The van der Waals surface area contributed by atoms with E-state index in [4.69, 9.17) is 5.11 Å². The summed E-state index contributed by atoms with van der Waals surface area (Å²) >= 11 is 2.97. The summed E-state index contributed by atoms with van der Waals surface area (Å²) in [5.74, 6) is -2.34. The summed E-state index contributed by atoms with van der Waals surface area (Å²) in [4.78, 5) is 10.3. The number of carboxylic acids is 1. The molecule has 20 heavy (non-hydrogen) atoms. The smallest absolute Gasteiger partial charge is 0.418 e. The minimum Gasteiger partial charge on any atom is -0.480 e. The molecule has 0 amide bonds. The fraction of sp³-hybridized carbons (Fsp3) is 0.300. The van der Waals surface area contributed by atoms with Crippen molar-refractivity contribution >= 4 is 31.9 Å². The van der Waals surface area contributed by atoms with E-state index in [0.717, 1.165) is 12.1 Å². The van der Waals surface area contributed by atoms with Crippen LogP contribution in [0, 0.1) is 0 Å². The molecule has 1 unspecified atom stereocenters. The van der Waals surface area contributed by atoms with Gasteiger partial charge in [0.05, 0.1) is 4.90 Å². The summed E-state index contributed by atoms with van der Waals surface area (Å²) in [5.41, 5.74) is -3.62. The van der Waals surface area contributed by atoms with Crippen LogP contribution in [-0.4, -0.2) is 31.2 Å². The second kappa shape index (κ2) is 5.34. The zero-order chi connectivity index (χ0) is 15.8. The molecule has 0 aliphatic heterocycles. The van der Waals surface area contributed by atoms with Gasteiger partial charge in [-0.15, -0.1) is 0 Å². The van der Waals surface area contributed by atoms with Gasteiger partial charge in [-0.2, -0.15) is 17.9 Å². The molecule has 0 saturated carbocycles. The molecule has 0 saturated heterocycles. The highest BCUT2D eigenvalue weighted by Crippen LogP contribution is 2.32. The van der Waals surface area contributed by atoms with Gasteiger partial charge in [0.2, 0.25) is 15.6 Å². The van der Waals surface area contributed by atoms with Gasteiger partial charge in [0.25, 0.3) is 0 Å². The number of alkyl halides is 3. The van der Waals surface area contributed by atoms with Crippen molar-refractivity contribution in [3.8, 4) is 0 Å². The van der Waals surface area contributed by atoms with Crippen molar-refractivity contribution in [2.24, 2.45) is 0 Å². The predicted octanol–water partition coefficient (Wildman–Crippen LogP) is 2.13. The summed E-state index contributed by atoms with van der Waals surface area (Å²) in [6.07, 6.45) is -5.29. The molecule has 0 spiro atoms. The number of benzene rings is 1. The Morgan fingerprint density at radius 1 is 1.35 bits per heavy atom. The Hall–Kier alpha value is -1.13. The SMILES string of the molecule is CC(NS(=O)(=O)c1cccc(Br)c1)(C(=O)O)C(F)(F)F. The van der Waals surface area contributed by atoms with Crippen molar-refractivity contribution in [1.82, 2.24) is 4.72 Å². The fourth-order valence-electron chi connectivity index (χ4n) is 1.18. The third kappa shape index (κ3) is 3.30. The molecule has 10 heteroatoms. The highest BCUT2D eigenvalue weighted by Gasteiger charge is 2.59. The second-order valence-electron chi connectivity index (χ2n) is 3.99. The maximum Gasteiger partial charge on any atom is 0.418 e. The van der Waals surface area contributed by atoms with E-state index in [2.05, 4.69) is 15.9 Å². The van der Waals surface area contributed by atoms with Crippen LogP contribution < -0.4 is 4.72 Å². The topological polar surface area (TPSA) is 83.5 Å². The molecule has 0 fully saturated rings. The van der Waals surface area contributed by atoms with E-state index in [0.29, 0.717) is 4.47 Å². The number of aliphatic carboxylic acids is 1. The maximum absolute atomic E-state index is 12.8. The Bertz CT molecular complexity index is 632. The highest BCUT2D eigenvalue weighted by molar-refractivity contribution is 9.10. The first-order valence-corrected chi connectivity index (χ1v) is 7.27. The number of sulfonamides is 1. The number of hydrogen-bond acceptors (Lipinski definition) is 3. The average molecular weight is 376 g/mol. The largest absolute Gasteiger partial charge is 0.480 e. The lowest BCUT2D eigenvalue weighted by Crippen LogP contribution is -2.61. The van der Waals surface area contributed by atoms with Gasteiger partial charge >= 0.3 is 12.1 Å². The summed E-state index contributed by atoms with van der Waals surface area (Å²) in [5, 5.41) is 8.68. The van der Waals surface area contributed by atoms with Crippen molar-refractivity contribution in [2.45, 2.75) is 23.5 Å². The molecule has 0 aliphatic carbocycles. The molecule has 112 valence electrons. The van der Waals surface area contributed by atoms with Crippen molar-refractivity contribution < 1.29 is 31.5 Å². The Balaban J connectivity index is 3.28. The minimum atomic E-state index is -5.29. The molecule has 2 N–H and O–H groups in total. The van der Waals surface area contributed by atoms with Gasteiger partial charge in [-0.1, -0.05) is 22.0 Å². The number of hydrogen-bond donors (Lipinski definition) is 2. The van der Waals surface area contributed by atoms with Crippen LogP contribution in [0.1, 0.15) is 6.92 Å². The normalized spacial score (nSPS) is 15.7. The van der Waals surface area contributed by atoms with Gasteiger partial charge in [-0.3, -0.25) is 0 Å². The van der Waals surface area contributed by atoms with E-state index in [1.807, 2.05) is 0 Å². The van der Waals surface area contributed by atoms with E-state index in [9.17, 15) is 26.4 Å². The van der Waals surface area contributed by atoms with Crippen molar-refractivity contribution in [3.63, 3.8) is 0 Å². The molecule has 0 aliphatic rings. The summed E-state index contributed by atoms with van der Waals surface area (Å²) in [6.45, 7) is 0.241. The molecule has 1 aromatic rings. The Labute approximate surface area is 121 Å². The van der Waals surface area contributed by atoms with Crippen LogP contribution in [0.25, 0.3) is 0 Å². The van der Waals surface area contributed by atoms with Gasteiger partial charge in [-0.25, -0.2) is 13.2 Å². The number of carbonyl (C=O) groups is 1. The Kier molecular flexibility index (Phi) is 4.52.